The van der Waals surface area contributed by atoms with Crippen molar-refractivity contribution in [3.8, 4) is 5.75 Å². The third-order valence-electron chi connectivity index (χ3n) is 3.99. The molecule has 1 aliphatic heterocycles. The van der Waals surface area contributed by atoms with Crippen LogP contribution in [0.4, 0.5) is 0 Å². The minimum absolute atomic E-state index is 0.249. The molecule has 3 rings (SSSR count). The molecule has 0 bridgehead atoms. The zero-order chi connectivity index (χ0) is 15.7. The van der Waals surface area contributed by atoms with Crippen LogP contribution in [-0.4, -0.2) is 21.1 Å². The fraction of sp³-hybridized carbons (Fsp3) is 0.294. The van der Waals surface area contributed by atoms with Crippen molar-refractivity contribution in [3.63, 3.8) is 0 Å². The van der Waals surface area contributed by atoms with Crippen LogP contribution in [0.3, 0.4) is 0 Å². The molecule has 0 aromatic heterocycles. The Hall–Kier alpha value is -1.85. The average Bonchev–Trinajstić information content (AvgIpc) is 2.49. The van der Waals surface area contributed by atoms with E-state index in [1.54, 1.807) is 12.1 Å². The Balaban J connectivity index is 1.79. The molecule has 1 N–H and O–H groups in total. The second-order valence-electron chi connectivity index (χ2n) is 5.69. The van der Waals surface area contributed by atoms with Crippen molar-refractivity contribution in [2.75, 3.05) is 6.61 Å². The van der Waals surface area contributed by atoms with Crippen LogP contribution in [-0.2, 0) is 16.4 Å². The van der Waals surface area contributed by atoms with Crippen molar-refractivity contribution in [1.82, 2.24) is 4.72 Å². The number of hydrogen-bond donors (Lipinski definition) is 1. The predicted molar refractivity (Wildman–Crippen MR) is 85.7 cm³/mol. The first-order chi connectivity index (χ1) is 10.5. The average molecular weight is 317 g/mol. The smallest absolute Gasteiger partial charge is 0.240 e. The lowest BCUT2D eigenvalue weighted by Gasteiger charge is -2.26. The highest BCUT2D eigenvalue weighted by Crippen LogP contribution is 2.25. The van der Waals surface area contributed by atoms with Gasteiger partial charge in [-0.25, -0.2) is 13.1 Å². The summed E-state index contributed by atoms with van der Waals surface area (Å²) in [7, 11) is -3.53. The quantitative estimate of drug-likeness (QED) is 0.946. The van der Waals surface area contributed by atoms with E-state index in [0.717, 1.165) is 22.4 Å². The summed E-state index contributed by atoms with van der Waals surface area (Å²) in [5, 5.41) is 0. The minimum Gasteiger partial charge on any atom is -0.492 e. The predicted octanol–water partition coefficient (Wildman–Crippen LogP) is 2.59. The molecule has 2 aromatic carbocycles. The van der Waals surface area contributed by atoms with Crippen LogP contribution in [0.15, 0.2) is 47.4 Å². The van der Waals surface area contributed by atoms with E-state index < -0.39 is 10.0 Å². The molecule has 0 aliphatic carbocycles. The summed E-state index contributed by atoms with van der Waals surface area (Å²) >= 11 is 0. The largest absolute Gasteiger partial charge is 0.492 e. The minimum atomic E-state index is -3.53. The molecule has 0 spiro atoms. The van der Waals surface area contributed by atoms with Gasteiger partial charge in [0.25, 0.3) is 0 Å². The van der Waals surface area contributed by atoms with Crippen LogP contribution < -0.4 is 9.46 Å². The van der Waals surface area contributed by atoms with E-state index in [1.807, 2.05) is 44.2 Å². The number of benzene rings is 2. The summed E-state index contributed by atoms with van der Waals surface area (Å²) in [5.74, 6) is 0.837. The van der Waals surface area contributed by atoms with Crippen LogP contribution in [0, 0.1) is 13.8 Å². The molecule has 2 aromatic rings. The standard InChI is InChI=1S/C17H19NO3S/c1-12-7-8-16(9-13(12)2)22(19,20)18-15-10-14-5-3-4-6-17(14)21-11-15/h3-9,15,18H,10-11H2,1-2H3/t15-/m1/s1. The van der Waals surface area contributed by atoms with E-state index in [1.165, 1.54) is 0 Å². The highest BCUT2D eigenvalue weighted by atomic mass is 32.2. The summed E-state index contributed by atoms with van der Waals surface area (Å²) in [4.78, 5) is 0.300. The summed E-state index contributed by atoms with van der Waals surface area (Å²) in [6.45, 7) is 4.22. The topological polar surface area (TPSA) is 55.4 Å². The number of para-hydroxylation sites is 1. The van der Waals surface area contributed by atoms with E-state index in [-0.39, 0.29) is 6.04 Å². The molecule has 0 radical (unpaired) electrons. The maximum absolute atomic E-state index is 12.5. The van der Waals surface area contributed by atoms with Gasteiger partial charge in [0, 0.05) is 0 Å². The molecular formula is C17H19NO3S. The van der Waals surface area contributed by atoms with Crippen LogP contribution >= 0.6 is 0 Å². The van der Waals surface area contributed by atoms with Gasteiger partial charge in [-0.1, -0.05) is 24.3 Å². The normalized spacial score (nSPS) is 17.6. The van der Waals surface area contributed by atoms with Gasteiger partial charge in [-0.05, 0) is 55.2 Å². The van der Waals surface area contributed by atoms with E-state index in [9.17, 15) is 8.42 Å². The van der Waals surface area contributed by atoms with Gasteiger partial charge in [-0.2, -0.15) is 0 Å². The van der Waals surface area contributed by atoms with Gasteiger partial charge in [0.05, 0.1) is 10.9 Å². The molecule has 0 saturated carbocycles. The lowest BCUT2D eigenvalue weighted by atomic mass is 10.0. The van der Waals surface area contributed by atoms with E-state index in [4.69, 9.17) is 4.74 Å². The Bertz CT molecular complexity index is 799. The molecule has 5 heteroatoms. The molecule has 0 amide bonds. The summed E-state index contributed by atoms with van der Waals surface area (Å²) in [6.07, 6.45) is 0.639. The Morgan fingerprint density at radius 2 is 1.86 bits per heavy atom. The van der Waals surface area contributed by atoms with Crippen LogP contribution in [0.25, 0.3) is 0 Å². The third-order valence-corrected chi connectivity index (χ3v) is 5.51. The van der Waals surface area contributed by atoms with Gasteiger partial charge < -0.3 is 4.74 Å². The van der Waals surface area contributed by atoms with Gasteiger partial charge in [0.15, 0.2) is 0 Å². The Kier molecular flexibility index (Phi) is 3.93. The summed E-state index contributed by atoms with van der Waals surface area (Å²) in [6, 6.07) is 12.6. The molecule has 0 fully saturated rings. The fourth-order valence-electron chi connectivity index (χ4n) is 2.57. The molecule has 0 saturated heterocycles. The molecule has 116 valence electrons. The van der Waals surface area contributed by atoms with Crippen molar-refractivity contribution in [1.29, 1.82) is 0 Å². The van der Waals surface area contributed by atoms with E-state index in [0.29, 0.717) is 17.9 Å². The fourth-order valence-corrected chi connectivity index (χ4v) is 3.88. The summed E-state index contributed by atoms with van der Waals surface area (Å²) < 4.78 is 33.4. The van der Waals surface area contributed by atoms with Crippen molar-refractivity contribution in [3.05, 3.63) is 59.2 Å². The molecule has 1 heterocycles. The lowest BCUT2D eigenvalue weighted by molar-refractivity contribution is 0.254. The highest BCUT2D eigenvalue weighted by molar-refractivity contribution is 7.89. The molecule has 0 unspecified atom stereocenters. The first-order valence-corrected chi connectivity index (χ1v) is 8.74. The lowest BCUT2D eigenvalue weighted by Crippen LogP contribution is -2.42. The van der Waals surface area contributed by atoms with Crippen LogP contribution in [0.2, 0.25) is 0 Å². The first kappa shape index (κ1) is 15.1. The van der Waals surface area contributed by atoms with Crippen molar-refractivity contribution in [2.24, 2.45) is 0 Å². The van der Waals surface area contributed by atoms with E-state index >= 15 is 0 Å². The van der Waals surface area contributed by atoms with Crippen LogP contribution in [0.5, 0.6) is 5.75 Å². The number of aryl methyl sites for hydroxylation is 2. The van der Waals surface area contributed by atoms with Crippen molar-refractivity contribution in [2.45, 2.75) is 31.2 Å². The Labute approximate surface area is 131 Å². The Morgan fingerprint density at radius 3 is 2.64 bits per heavy atom. The first-order valence-electron chi connectivity index (χ1n) is 7.26. The number of rotatable bonds is 3. The van der Waals surface area contributed by atoms with Gasteiger partial charge >= 0.3 is 0 Å². The van der Waals surface area contributed by atoms with Crippen molar-refractivity contribution >= 4 is 10.0 Å². The second-order valence-corrected chi connectivity index (χ2v) is 7.40. The Morgan fingerprint density at radius 1 is 1.09 bits per heavy atom. The van der Waals surface area contributed by atoms with Gasteiger partial charge in [-0.3, -0.25) is 0 Å². The number of hydrogen-bond acceptors (Lipinski definition) is 3. The van der Waals surface area contributed by atoms with Gasteiger partial charge in [0.1, 0.15) is 12.4 Å². The molecule has 1 aliphatic rings. The highest BCUT2D eigenvalue weighted by Gasteiger charge is 2.25. The number of fused-ring (bicyclic) bond motifs is 1. The monoisotopic (exact) mass is 317 g/mol. The van der Waals surface area contributed by atoms with Crippen molar-refractivity contribution < 1.29 is 13.2 Å². The molecule has 1 atom stereocenters. The SMILES string of the molecule is Cc1ccc(S(=O)(=O)N[C@H]2COc3ccccc3C2)cc1C. The molecular weight excluding hydrogens is 298 g/mol. The van der Waals surface area contributed by atoms with Gasteiger partial charge in [-0.15, -0.1) is 0 Å². The van der Waals surface area contributed by atoms with Gasteiger partial charge in [0.2, 0.25) is 10.0 Å². The zero-order valence-electron chi connectivity index (χ0n) is 12.7. The summed E-state index contributed by atoms with van der Waals surface area (Å²) in [5.41, 5.74) is 3.07. The number of nitrogens with one attached hydrogen (secondary N) is 1. The maximum Gasteiger partial charge on any atom is 0.240 e. The number of sulfonamides is 1. The van der Waals surface area contributed by atoms with Crippen LogP contribution in [0.1, 0.15) is 16.7 Å². The maximum atomic E-state index is 12.5. The van der Waals surface area contributed by atoms with E-state index in [2.05, 4.69) is 4.72 Å². The second kappa shape index (κ2) is 5.74. The molecule has 22 heavy (non-hydrogen) atoms. The molecule has 4 nitrogen and oxygen atoms in total. The zero-order valence-corrected chi connectivity index (χ0v) is 13.5. The third kappa shape index (κ3) is 3.00. The number of ether oxygens (including phenoxy) is 1.